The summed E-state index contributed by atoms with van der Waals surface area (Å²) < 4.78 is 25.5. The summed E-state index contributed by atoms with van der Waals surface area (Å²) in [6.45, 7) is 5.27. The molecule has 0 fully saturated rings. The largest absolute Gasteiger partial charge is 0.391 e. The van der Waals surface area contributed by atoms with Crippen LogP contribution in [0.15, 0.2) is 11.8 Å². The van der Waals surface area contributed by atoms with Crippen molar-refractivity contribution in [3.05, 3.63) is 11.8 Å². The van der Waals surface area contributed by atoms with E-state index >= 15 is 0 Å². The third kappa shape index (κ3) is 7.56. The molecule has 0 spiro atoms. The molecular weight excluding hydrogens is 178 g/mol. The van der Waals surface area contributed by atoms with E-state index in [0.717, 1.165) is 18.4 Å². The molecule has 0 aromatic heterocycles. The maximum atomic E-state index is 10.5. The van der Waals surface area contributed by atoms with E-state index in [1.807, 2.05) is 6.92 Å². The van der Waals surface area contributed by atoms with Crippen LogP contribution in [0.25, 0.3) is 0 Å². The van der Waals surface area contributed by atoms with Crippen molar-refractivity contribution in [1.82, 2.24) is 5.32 Å². The maximum Gasteiger partial charge on any atom is 0.305 e. The van der Waals surface area contributed by atoms with Crippen LogP contribution in [0, 0.1) is 0 Å². The van der Waals surface area contributed by atoms with Crippen molar-refractivity contribution in [2.24, 2.45) is 0 Å². The van der Waals surface area contributed by atoms with Crippen LogP contribution in [-0.4, -0.2) is 27.8 Å². The molecule has 72 valence electrons. The van der Waals surface area contributed by atoms with E-state index in [1.54, 1.807) is 6.92 Å². The molecule has 0 radical (unpaired) electrons. The summed E-state index contributed by atoms with van der Waals surface area (Å²) in [5.74, 6) is 0. The van der Waals surface area contributed by atoms with Crippen molar-refractivity contribution in [3.8, 4) is 0 Å². The lowest BCUT2D eigenvalue weighted by Gasteiger charge is -2.01. The fraction of sp³-hybridized carbons (Fsp3) is 0.714. The molecule has 0 aliphatic heterocycles. The van der Waals surface area contributed by atoms with Crippen molar-refractivity contribution in [1.29, 1.82) is 0 Å². The first-order chi connectivity index (χ1) is 5.45. The minimum Gasteiger partial charge on any atom is -0.391 e. The number of rotatable bonds is 5. The highest BCUT2D eigenvalue weighted by molar-refractivity contribution is 7.86. The Balaban J connectivity index is 3.85. The number of nitrogens with one attached hydrogen (secondary N) is 1. The summed E-state index contributed by atoms with van der Waals surface area (Å²) in [7, 11) is -3.35. The molecule has 0 saturated carbocycles. The minimum atomic E-state index is -3.35. The average Bonchev–Trinajstić information content (AvgIpc) is 1.95. The Kier molecular flexibility index (Phi) is 4.92. The second-order valence-corrected chi connectivity index (χ2v) is 4.15. The van der Waals surface area contributed by atoms with E-state index < -0.39 is 10.1 Å². The molecule has 12 heavy (non-hydrogen) atoms. The topological polar surface area (TPSA) is 55.4 Å². The van der Waals surface area contributed by atoms with Gasteiger partial charge < -0.3 is 9.50 Å². The number of hydrogen-bond acceptors (Lipinski definition) is 4. The van der Waals surface area contributed by atoms with E-state index in [-0.39, 0.29) is 0 Å². The van der Waals surface area contributed by atoms with Crippen LogP contribution >= 0.6 is 0 Å². The van der Waals surface area contributed by atoms with Gasteiger partial charge in [0.15, 0.2) is 0 Å². The highest BCUT2D eigenvalue weighted by Gasteiger charge is 1.97. The molecule has 0 rings (SSSR count). The fourth-order valence-electron chi connectivity index (χ4n) is 0.533. The molecule has 4 nitrogen and oxygen atoms in total. The van der Waals surface area contributed by atoms with Crippen LogP contribution in [-0.2, 0) is 14.3 Å². The zero-order chi connectivity index (χ0) is 9.61. The Labute approximate surface area is 73.7 Å². The number of hydrogen-bond donors (Lipinski definition) is 1. The molecule has 0 aliphatic rings. The second kappa shape index (κ2) is 5.16. The van der Waals surface area contributed by atoms with Crippen molar-refractivity contribution in [2.75, 3.05) is 19.3 Å². The molecule has 0 atom stereocenters. The molecule has 0 heterocycles. The van der Waals surface area contributed by atoms with Gasteiger partial charge in [-0.2, -0.15) is 8.42 Å². The zero-order valence-electron chi connectivity index (χ0n) is 7.62. The van der Waals surface area contributed by atoms with Crippen LogP contribution in [0.2, 0.25) is 0 Å². The molecule has 1 N–H and O–H groups in total. The highest BCUT2D eigenvalue weighted by Crippen LogP contribution is 1.94. The van der Waals surface area contributed by atoms with E-state index in [2.05, 4.69) is 9.50 Å². The average molecular weight is 193 g/mol. The maximum absolute atomic E-state index is 10.5. The first-order valence-corrected chi connectivity index (χ1v) is 5.52. The predicted octanol–water partition coefficient (Wildman–Crippen LogP) is 0.476. The van der Waals surface area contributed by atoms with Crippen LogP contribution in [0.5, 0.6) is 0 Å². The lowest BCUT2D eigenvalue weighted by Crippen LogP contribution is -2.15. The van der Waals surface area contributed by atoms with E-state index in [0.29, 0.717) is 6.54 Å². The predicted molar refractivity (Wildman–Crippen MR) is 48.2 cm³/mol. The minimum absolute atomic E-state index is 0.645. The fourth-order valence-corrected chi connectivity index (χ4v) is 0.872. The van der Waals surface area contributed by atoms with Gasteiger partial charge in [-0.25, -0.2) is 0 Å². The van der Waals surface area contributed by atoms with Crippen molar-refractivity contribution in [2.45, 2.75) is 13.8 Å². The molecule has 0 aromatic carbocycles. The Morgan fingerprint density at radius 1 is 1.58 bits per heavy atom. The lowest BCUT2D eigenvalue weighted by atomic mass is 10.3. The first kappa shape index (κ1) is 11.4. The molecule has 5 heteroatoms. The smallest absolute Gasteiger partial charge is 0.305 e. The monoisotopic (exact) mass is 193 g/mol. The Morgan fingerprint density at radius 2 is 2.17 bits per heavy atom. The second-order valence-electron chi connectivity index (χ2n) is 2.54. The third-order valence-corrected chi connectivity index (χ3v) is 1.52. The summed E-state index contributed by atoms with van der Waals surface area (Å²) in [6, 6.07) is 0. The summed E-state index contributed by atoms with van der Waals surface area (Å²) in [5.41, 5.74) is 0.849. The van der Waals surface area contributed by atoms with Crippen LogP contribution in [0.3, 0.4) is 0 Å². The van der Waals surface area contributed by atoms with Crippen molar-refractivity contribution < 1.29 is 12.6 Å². The van der Waals surface area contributed by atoms with Crippen LogP contribution in [0.1, 0.15) is 13.8 Å². The standard InChI is InChI=1S/C7H15NO3S/c1-4-8-5-7(2)6-11-12(3,9)10/h6,8H,4-5H2,1-3H3. The summed E-state index contributed by atoms with van der Waals surface area (Å²) in [5, 5.41) is 3.04. The van der Waals surface area contributed by atoms with E-state index in [9.17, 15) is 8.42 Å². The van der Waals surface area contributed by atoms with E-state index in [1.165, 1.54) is 6.26 Å². The van der Waals surface area contributed by atoms with E-state index in [4.69, 9.17) is 0 Å². The Morgan fingerprint density at radius 3 is 2.58 bits per heavy atom. The van der Waals surface area contributed by atoms with Gasteiger partial charge in [-0.05, 0) is 19.0 Å². The van der Waals surface area contributed by atoms with Gasteiger partial charge in [-0.15, -0.1) is 0 Å². The van der Waals surface area contributed by atoms with Gasteiger partial charge in [0.05, 0.1) is 6.26 Å². The highest BCUT2D eigenvalue weighted by atomic mass is 32.2. The van der Waals surface area contributed by atoms with Gasteiger partial charge in [0.1, 0.15) is 6.26 Å². The summed E-state index contributed by atoms with van der Waals surface area (Å²) in [6.07, 6.45) is 2.27. The zero-order valence-corrected chi connectivity index (χ0v) is 8.44. The van der Waals surface area contributed by atoms with Gasteiger partial charge >= 0.3 is 10.1 Å². The normalized spacial score (nSPS) is 13.1. The summed E-state index contributed by atoms with van der Waals surface area (Å²) >= 11 is 0. The van der Waals surface area contributed by atoms with Gasteiger partial charge in [-0.3, -0.25) is 0 Å². The number of likely N-dealkylation sites (N-methyl/N-ethyl adjacent to an activating group) is 1. The Hall–Kier alpha value is -0.550. The van der Waals surface area contributed by atoms with Gasteiger partial charge in [0.25, 0.3) is 0 Å². The quantitative estimate of drug-likeness (QED) is 0.509. The molecule has 0 aromatic rings. The molecule has 0 unspecified atom stereocenters. The van der Waals surface area contributed by atoms with Crippen molar-refractivity contribution in [3.63, 3.8) is 0 Å². The molecule has 0 bridgehead atoms. The SMILES string of the molecule is CCNCC(C)=COS(C)(=O)=O. The van der Waals surface area contributed by atoms with Gasteiger partial charge in [0.2, 0.25) is 0 Å². The lowest BCUT2D eigenvalue weighted by molar-refractivity contribution is 0.445. The third-order valence-electron chi connectivity index (χ3n) is 1.08. The van der Waals surface area contributed by atoms with Gasteiger partial charge in [0, 0.05) is 6.54 Å². The van der Waals surface area contributed by atoms with Crippen LogP contribution < -0.4 is 5.32 Å². The molecule has 0 aliphatic carbocycles. The van der Waals surface area contributed by atoms with Crippen LogP contribution in [0.4, 0.5) is 0 Å². The van der Waals surface area contributed by atoms with Gasteiger partial charge in [-0.1, -0.05) is 6.92 Å². The molecule has 0 amide bonds. The Bertz CT molecular complexity index is 243. The molecular formula is C7H15NO3S. The molecule has 0 saturated heterocycles. The summed E-state index contributed by atoms with van der Waals surface area (Å²) in [4.78, 5) is 0. The van der Waals surface area contributed by atoms with Crippen molar-refractivity contribution >= 4 is 10.1 Å². The first-order valence-electron chi connectivity index (χ1n) is 3.70.